The van der Waals surface area contributed by atoms with E-state index in [0.717, 1.165) is 5.70 Å². The molecule has 14 heavy (non-hydrogen) atoms. The maximum atomic E-state index is 4.20. The van der Waals surface area contributed by atoms with E-state index in [-0.39, 0.29) is 0 Å². The fraction of sp³-hybridized carbons (Fsp3) is 0. The zero-order valence-corrected chi connectivity index (χ0v) is 7.59. The molecule has 1 radical (unpaired) electrons. The van der Waals surface area contributed by atoms with E-state index in [9.17, 15) is 0 Å². The van der Waals surface area contributed by atoms with Crippen molar-refractivity contribution in [2.75, 3.05) is 0 Å². The van der Waals surface area contributed by atoms with Crippen LogP contribution < -0.4 is 0 Å². The van der Waals surface area contributed by atoms with E-state index in [2.05, 4.69) is 41.9 Å². The standard InChI is InChI=1S/C12H9N2/c1-2-5-11-9-12(8-10(11)4-1)14-7-3-6-13-14/h1-9H. The highest BCUT2D eigenvalue weighted by Gasteiger charge is 2.13. The van der Waals surface area contributed by atoms with E-state index in [4.69, 9.17) is 0 Å². The lowest BCUT2D eigenvalue weighted by molar-refractivity contribution is 0.908. The number of nitrogens with zero attached hydrogens (tertiary/aromatic N) is 2. The summed E-state index contributed by atoms with van der Waals surface area (Å²) >= 11 is 0. The van der Waals surface area contributed by atoms with Gasteiger partial charge in [-0.1, -0.05) is 24.3 Å². The van der Waals surface area contributed by atoms with Crippen LogP contribution in [0.25, 0.3) is 11.8 Å². The Hall–Kier alpha value is -1.83. The molecule has 1 aromatic carbocycles. The van der Waals surface area contributed by atoms with Crippen LogP contribution in [0.15, 0.2) is 42.7 Å². The summed E-state index contributed by atoms with van der Waals surface area (Å²) < 4.78 is 1.88. The zero-order valence-electron chi connectivity index (χ0n) is 7.59. The molecule has 1 heterocycles. The predicted molar refractivity (Wildman–Crippen MR) is 56.2 cm³/mol. The quantitative estimate of drug-likeness (QED) is 0.660. The Labute approximate surface area is 82.5 Å². The highest BCUT2D eigenvalue weighted by atomic mass is 15.3. The van der Waals surface area contributed by atoms with Crippen LogP contribution >= 0.6 is 0 Å². The molecule has 0 N–H and O–H groups in total. The summed E-state index contributed by atoms with van der Waals surface area (Å²) in [5.41, 5.74) is 3.65. The number of allylic oxidation sites excluding steroid dienone is 1. The molecule has 1 aliphatic carbocycles. The SMILES string of the molecule is [CH]1C(n2cccn2)=Cc2ccccc21. The molecular formula is C12H9N2. The minimum Gasteiger partial charge on any atom is -0.244 e. The molecule has 3 rings (SSSR count). The van der Waals surface area contributed by atoms with Gasteiger partial charge in [-0.05, 0) is 23.3 Å². The smallest absolute Gasteiger partial charge is 0.0510 e. The molecule has 2 nitrogen and oxygen atoms in total. The van der Waals surface area contributed by atoms with Crippen molar-refractivity contribution in [1.82, 2.24) is 9.78 Å². The molecule has 0 fully saturated rings. The monoisotopic (exact) mass is 181 g/mol. The number of rotatable bonds is 1. The molecule has 0 atom stereocenters. The first kappa shape index (κ1) is 7.56. The lowest BCUT2D eigenvalue weighted by Crippen LogP contribution is -1.94. The molecule has 0 amide bonds. The van der Waals surface area contributed by atoms with E-state index < -0.39 is 0 Å². The average Bonchev–Trinajstić information content (AvgIpc) is 2.86. The largest absolute Gasteiger partial charge is 0.244 e. The van der Waals surface area contributed by atoms with Gasteiger partial charge in [-0.25, -0.2) is 4.68 Å². The number of hydrogen-bond donors (Lipinski definition) is 0. The van der Waals surface area contributed by atoms with Crippen LogP contribution in [0.3, 0.4) is 0 Å². The first-order valence-electron chi connectivity index (χ1n) is 4.59. The Bertz CT molecular complexity index is 481. The van der Waals surface area contributed by atoms with Gasteiger partial charge in [-0.2, -0.15) is 5.10 Å². The van der Waals surface area contributed by atoms with Gasteiger partial charge in [-0.3, -0.25) is 0 Å². The third-order valence-electron chi connectivity index (χ3n) is 2.37. The Morgan fingerprint density at radius 2 is 1.86 bits per heavy atom. The van der Waals surface area contributed by atoms with Gasteiger partial charge in [-0.15, -0.1) is 0 Å². The Morgan fingerprint density at radius 1 is 1.00 bits per heavy atom. The number of aromatic nitrogens is 2. The van der Waals surface area contributed by atoms with Gasteiger partial charge in [0.25, 0.3) is 0 Å². The van der Waals surface area contributed by atoms with Crippen LogP contribution in [0.5, 0.6) is 0 Å². The first-order valence-corrected chi connectivity index (χ1v) is 4.59. The van der Waals surface area contributed by atoms with Crippen molar-refractivity contribution in [2.45, 2.75) is 0 Å². The summed E-state index contributed by atoms with van der Waals surface area (Å²) in [6.07, 6.45) is 8.02. The van der Waals surface area contributed by atoms with Crippen molar-refractivity contribution in [2.24, 2.45) is 0 Å². The molecule has 0 spiro atoms. The summed E-state index contributed by atoms with van der Waals surface area (Å²) in [4.78, 5) is 0. The van der Waals surface area contributed by atoms with Gasteiger partial charge in [0.05, 0.1) is 5.70 Å². The van der Waals surface area contributed by atoms with Gasteiger partial charge in [0.1, 0.15) is 0 Å². The van der Waals surface area contributed by atoms with Gasteiger partial charge in [0.2, 0.25) is 0 Å². The van der Waals surface area contributed by atoms with Crippen LogP contribution in [0.4, 0.5) is 0 Å². The molecule has 0 saturated carbocycles. The highest BCUT2D eigenvalue weighted by molar-refractivity contribution is 5.86. The van der Waals surface area contributed by atoms with Crippen LogP contribution in [0.1, 0.15) is 11.1 Å². The molecule has 67 valence electrons. The molecule has 2 heteroatoms. The Kier molecular flexibility index (Phi) is 1.53. The van der Waals surface area contributed by atoms with Gasteiger partial charge < -0.3 is 0 Å². The van der Waals surface area contributed by atoms with Crippen molar-refractivity contribution < 1.29 is 0 Å². The topological polar surface area (TPSA) is 17.8 Å². The molecule has 0 unspecified atom stereocenters. The van der Waals surface area contributed by atoms with Crippen molar-refractivity contribution >= 4 is 11.8 Å². The minimum atomic E-state index is 1.12. The van der Waals surface area contributed by atoms with Crippen LogP contribution in [-0.4, -0.2) is 9.78 Å². The summed E-state index contributed by atoms with van der Waals surface area (Å²) in [6, 6.07) is 10.3. The second kappa shape index (κ2) is 2.84. The molecular weight excluding hydrogens is 172 g/mol. The zero-order chi connectivity index (χ0) is 9.38. The number of benzene rings is 1. The summed E-state index contributed by atoms with van der Waals surface area (Å²) in [6.45, 7) is 0. The fourth-order valence-electron chi connectivity index (χ4n) is 1.69. The van der Waals surface area contributed by atoms with Crippen molar-refractivity contribution in [3.63, 3.8) is 0 Å². The van der Waals surface area contributed by atoms with E-state index in [1.165, 1.54) is 11.1 Å². The number of hydrogen-bond acceptors (Lipinski definition) is 1. The average molecular weight is 181 g/mol. The summed E-state index contributed by atoms with van der Waals surface area (Å²) in [5, 5.41) is 4.20. The lowest BCUT2D eigenvalue weighted by Gasteiger charge is -1.99. The Morgan fingerprint density at radius 3 is 2.57 bits per heavy atom. The van der Waals surface area contributed by atoms with Crippen LogP contribution in [0.2, 0.25) is 0 Å². The predicted octanol–water partition coefficient (Wildman–Crippen LogP) is 2.45. The van der Waals surface area contributed by atoms with Crippen molar-refractivity contribution in [3.05, 3.63) is 60.3 Å². The third-order valence-corrected chi connectivity index (χ3v) is 2.37. The van der Waals surface area contributed by atoms with E-state index in [1.54, 1.807) is 6.20 Å². The third kappa shape index (κ3) is 1.08. The van der Waals surface area contributed by atoms with Crippen LogP contribution in [0, 0.1) is 6.42 Å². The normalized spacial score (nSPS) is 13.9. The second-order valence-corrected chi connectivity index (χ2v) is 3.29. The summed E-state index contributed by atoms with van der Waals surface area (Å²) in [5.74, 6) is 0. The first-order chi connectivity index (χ1) is 6.93. The van der Waals surface area contributed by atoms with Crippen molar-refractivity contribution in [3.8, 4) is 0 Å². The molecule has 0 aliphatic heterocycles. The fourth-order valence-corrected chi connectivity index (χ4v) is 1.69. The number of fused-ring (bicyclic) bond motifs is 1. The maximum absolute atomic E-state index is 4.20. The summed E-state index contributed by atoms with van der Waals surface area (Å²) in [7, 11) is 0. The van der Waals surface area contributed by atoms with Gasteiger partial charge in [0, 0.05) is 18.8 Å². The molecule has 0 saturated heterocycles. The van der Waals surface area contributed by atoms with Crippen LogP contribution in [-0.2, 0) is 0 Å². The Balaban J connectivity index is 2.04. The molecule has 2 aromatic rings. The second-order valence-electron chi connectivity index (χ2n) is 3.29. The van der Waals surface area contributed by atoms with E-state index in [0.29, 0.717) is 0 Å². The van der Waals surface area contributed by atoms with Gasteiger partial charge >= 0.3 is 0 Å². The van der Waals surface area contributed by atoms with Crippen molar-refractivity contribution in [1.29, 1.82) is 0 Å². The maximum Gasteiger partial charge on any atom is 0.0510 e. The highest BCUT2D eigenvalue weighted by Crippen LogP contribution is 2.28. The minimum absolute atomic E-state index is 1.12. The molecule has 1 aliphatic rings. The van der Waals surface area contributed by atoms with E-state index in [1.807, 2.05) is 16.9 Å². The molecule has 1 aromatic heterocycles. The van der Waals surface area contributed by atoms with E-state index >= 15 is 0 Å². The molecule has 0 bridgehead atoms. The van der Waals surface area contributed by atoms with Gasteiger partial charge in [0.15, 0.2) is 0 Å². The lowest BCUT2D eigenvalue weighted by atomic mass is 10.1.